The molecule has 2 aromatic carbocycles. The number of rotatable bonds is 5. The topological polar surface area (TPSA) is 99.3 Å². The Morgan fingerprint density at radius 1 is 0.966 bits per heavy atom. The maximum Gasteiger partial charge on any atom is 0.166 e. The number of carbonyl (C=O) groups excluding carboxylic acids is 1. The van der Waals surface area contributed by atoms with Crippen molar-refractivity contribution in [3.05, 3.63) is 78.9 Å². The number of aromatic amines is 2. The summed E-state index contributed by atoms with van der Waals surface area (Å²) in [6.45, 7) is 0. The standard InChI is InChI=1S/C22H16N6O/c29-13-19-9-15-4-5-16(10-20(15)26-19)22-23-7-6-21(28-22)27-18-3-1-2-14(8-18)17-11-24-25-12-17/h1-13,26H,(H,24,25)(H,23,27,28). The number of benzene rings is 2. The molecular weight excluding hydrogens is 364 g/mol. The maximum absolute atomic E-state index is 11.0. The van der Waals surface area contributed by atoms with Crippen LogP contribution in [0.25, 0.3) is 33.4 Å². The average molecular weight is 380 g/mol. The van der Waals surface area contributed by atoms with Gasteiger partial charge in [0.1, 0.15) is 5.82 Å². The maximum atomic E-state index is 11.0. The van der Waals surface area contributed by atoms with E-state index >= 15 is 0 Å². The number of nitrogens with zero attached hydrogens (tertiary/aromatic N) is 3. The molecule has 0 aliphatic carbocycles. The molecule has 29 heavy (non-hydrogen) atoms. The third kappa shape index (κ3) is 3.37. The van der Waals surface area contributed by atoms with Gasteiger partial charge in [0.25, 0.3) is 0 Å². The molecule has 0 bridgehead atoms. The van der Waals surface area contributed by atoms with Gasteiger partial charge >= 0.3 is 0 Å². The smallest absolute Gasteiger partial charge is 0.166 e. The van der Waals surface area contributed by atoms with Gasteiger partial charge in [-0.05, 0) is 35.9 Å². The molecular formula is C22H16N6O. The Morgan fingerprint density at radius 2 is 1.93 bits per heavy atom. The molecule has 0 saturated carbocycles. The normalized spacial score (nSPS) is 10.9. The highest BCUT2D eigenvalue weighted by Crippen LogP contribution is 2.25. The number of fused-ring (bicyclic) bond motifs is 1. The highest BCUT2D eigenvalue weighted by molar-refractivity contribution is 5.90. The second-order valence-electron chi connectivity index (χ2n) is 6.60. The summed E-state index contributed by atoms with van der Waals surface area (Å²) in [6.07, 6.45) is 6.17. The van der Waals surface area contributed by atoms with E-state index in [0.29, 0.717) is 17.3 Å². The van der Waals surface area contributed by atoms with E-state index in [4.69, 9.17) is 0 Å². The van der Waals surface area contributed by atoms with Gasteiger partial charge in [-0.15, -0.1) is 0 Å². The molecule has 7 heteroatoms. The van der Waals surface area contributed by atoms with Crippen molar-refractivity contribution in [2.24, 2.45) is 0 Å². The van der Waals surface area contributed by atoms with E-state index in [1.54, 1.807) is 12.4 Å². The fraction of sp³-hybridized carbons (Fsp3) is 0. The van der Waals surface area contributed by atoms with Gasteiger partial charge < -0.3 is 10.3 Å². The van der Waals surface area contributed by atoms with Crippen LogP contribution >= 0.6 is 0 Å². The first-order chi connectivity index (χ1) is 14.3. The number of carbonyl (C=O) groups is 1. The Hall–Kier alpha value is -4.26. The predicted molar refractivity (Wildman–Crippen MR) is 112 cm³/mol. The Kier molecular flexibility index (Phi) is 4.10. The molecule has 0 radical (unpaired) electrons. The Morgan fingerprint density at radius 3 is 2.79 bits per heavy atom. The van der Waals surface area contributed by atoms with Crippen molar-refractivity contribution in [3.8, 4) is 22.5 Å². The molecule has 0 fully saturated rings. The first kappa shape index (κ1) is 16.9. The second kappa shape index (κ2) is 7.05. The monoisotopic (exact) mass is 380 g/mol. The van der Waals surface area contributed by atoms with Crippen molar-refractivity contribution in [1.82, 2.24) is 25.1 Å². The molecule has 0 aliphatic heterocycles. The van der Waals surface area contributed by atoms with Crippen molar-refractivity contribution < 1.29 is 4.79 Å². The van der Waals surface area contributed by atoms with Crippen molar-refractivity contribution in [3.63, 3.8) is 0 Å². The van der Waals surface area contributed by atoms with Crippen LogP contribution in [-0.4, -0.2) is 31.4 Å². The quantitative estimate of drug-likeness (QED) is 0.388. The summed E-state index contributed by atoms with van der Waals surface area (Å²) in [6, 6.07) is 17.5. The molecule has 0 unspecified atom stereocenters. The summed E-state index contributed by atoms with van der Waals surface area (Å²) in [4.78, 5) is 23.1. The Labute approximate surface area is 165 Å². The minimum absolute atomic E-state index is 0.547. The van der Waals surface area contributed by atoms with Crippen LogP contribution in [0.2, 0.25) is 0 Å². The highest BCUT2D eigenvalue weighted by Gasteiger charge is 2.07. The van der Waals surface area contributed by atoms with Crippen LogP contribution in [0.15, 0.2) is 73.2 Å². The Bertz CT molecular complexity index is 1310. The van der Waals surface area contributed by atoms with Crippen molar-refractivity contribution >= 4 is 28.7 Å². The van der Waals surface area contributed by atoms with Gasteiger partial charge in [0.2, 0.25) is 0 Å². The van der Waals surface area contributed by atoms with Crippen LogP contribution < -0.4 is 5.32 Å². The summed E-state index contributed by atoms with van der Waals surface area (Å²) in [7, 11) is 0. The Balaban J connectivity index is 1.44. The van der Waals surface area contributed by atoms with Crippen LogP contribution in [0.4, 0.5) is 11.5 Å². The lowest BCUT2D eigenvalue weighted by Gasteiger charge is -2.08. The van der Waals surface area contributed by atoms with E-state index < -0.39 is 0 Å². The molecule has 5 rings (SSSR count). The van der Waals surface area contributed by atoms with Gasteiger partial charge in [-0.2, -0.15) is 5.10 Å². The summed E-state index contributed by atoms with van der Waals surface area (Å²) >= 11 is 0. The van der Waals surface area contributed by atoms with Gasteiger partial charge in [-0.1, -0.05) is 24.3 Å². The van der Waals surface area contributed by atoms with Gasteiger partial charge in [0.05, 0.1) is 11.9 Å². The predicted octanol–water partition coefficient (Wildman–Crippen LogP) is 4.57. The second-order valence-corrected chi connectivity index (χ2v) is 6.60. The van der Waals surface area contributed by atoms with Crippen molar-refractivity contribution in [2.45, 2.75) is 0 Å². The van der Waals surface area contributed by atoms with E-state index in [1.807, 2.05) is 60.8 Å². The largest absolute Gasteiger partial charge is 0.352 e. The summed E-state index contributed by atoms with van der Waals surface area (Å²) in [5, 5.41) is 11.1. The molecule has 0 aliphatic rings. The first-order valence-corrected chi connectivity index (χ1v) is 9.06. The molecule has 0 spiro atoms. The van der Waals surface area contributed by atoms with E-state index in [2.05, 4.69) is 30.5 Å². The van der Waals surface area contributed by atoms with Crippen molar-refractivity contribution in [1.29, 1.82) is 0 Å². The third-order valence-electron chi connectivity index (χ3n) is 4.65. The number of nitrogens with one attached hydrogen (secondary N) is 3. The molecule has 3 N–H and O–H groups in total. The molecule has 3 aromatic heterocycles. The zero-order chi connectivity index (χ0) is 19.6. The molecule has 0 atom stereocenters. The molecule has 140 valence electrons. The molecule has 7 nitrogen and oxygen atoms in total. The van der Waals surface area contributed by atoms with E-state index in [1.165, 1.54) is 0 Å². The van der Waals surface area contributed by atoms with Crippen LogP contribution in [0.5, 0.6) is 0 Å². The van der Waals surface area contributed by atoms with Crippen molar-refractivity contribution in [2.75, 3.05) is 5.32 Å². The first-order valence-electron chi connectivity index (χ1n) is 9.06. The molecule has 0 saturated heterocycles. The van der Waals surface area contributed by atoms with Crippen LogP contribution in [0.3, 0.4) is 0 Å². The highest BCUT2D eigenvalue weighted by atomic mass is 16.1. The van der Waals surface area contributed by atoms with Gasteiger partial charge in [0, 0.05) is 40.1 Å². The lowest BCUT2D eigenvalue weighted by Crippen LogP contribution is -1.97. The summed E-state index contributed by atoms with van der Waals surface area (Å²) < 4.78 is 0. The van der Waals surface area contributed by atoms with Gasteiger partial charge in [-0.3, -0.25) is 9.89 Å². The fourth-order valence-corrected chi connectivity index (χ4v) is 3.25. The van der Waals surface area contributed by atoms with E-state index in [0.717, 1.165) is 39.6 Å². The number of hydrogen-bond acceptors (Lipinski definition) is 5. The van der Waals surface area contributed by atoms with Crippen LogP contribution in [-0.2, 0) is 0 Å². The minimum Gasteiger partial charge on any atom is -0.352 e. The number of H-pyrrole nitrogens is 2. The van der Waals surface area contributed by atoms with Gasteiger partial charge in [0.15, 0.2) is 12.1 Å². The number of anilines is 2. The van der Waals surface area contributed by atoms with E-state index in [-0.39, 0.29) is 0 Å². The number of hydrogen-bond donors (Lipinski definition) is 3. The third-order valence-corrected chi connectivity index (χ3v) is 4.65. The number of aromatic nitrogens is 5. The number of aldehydes is 1. The van der Waals surface area contributed by atoms with Crippen LogP contribution in [0.1, 0.15) is 10.5 Å². The summed E-state index contributed by atoms with van der Waals surface area (Å²) in [5.41, 5.74) is 5.29. The van der Waals surface area contributed by atoms with Crippen LogP contribution in [0, 0.1) is 0 Å². The van der Waals surface area contributed by atoms with Gasteiger partial charge in [-0.25, -0.2) is 9.97 Å². The fourth-order valence-electron chi connectivity index (χ4n) is 3.25. The summed E-state index contributed by atoms with van der Waals surface area (Å²) in [5.74, 6) is 1.30. The lowest BCUT2D eigenvalue weighted by molar-refractivity contribution is 0.112. The molecule has 0 amide bonds. The zero-order valence-corrected chi connectivity index (χ0v) is 15.3. The minimum atomic E-state index is 0.547. The average Bonchev–Trinajstić information content (AvgIpc) is 3.43. The van der Waals surface area contributed by atoms with E-state index in [9.17, 15) is 4.79 Å². The molecule has 3 heterocycles. The molecule has 5 aromatic rings. The lowest BCUT2D eigenvalue weighted by atomic mass is 10.1. The SMILES string of the molecule is O=Cc1cc2ccc(-c3nccc(Nc4cccc(-c5cn[nH]c5)c4)n3)cc2[nH]1. The zero-order valence-electron chi connectivity index (χ0n) is 15.3.